The summed E-state index contributed by atoms with van der Waals surface area (Å²) in [6, 6.07) is 8.73. The number of hydrogen-bond acceptors (Lipinski definition) is 5. The molecule has 1 heterocycles. The van der Waals surface area contributed by atoms with Crippen LogP contribution in [0, 0.1) is 5.41 Å². The van der Waals surface area contributed by atoms with Crippen LogP contribution in [0.3, 0.4) is 0 Å². The molecule has 7 heteroatoms. The fraction of sp³-hybridized carbons (Fsp3) is 0.667. The van der Waals surface area contributed by atoms with Gasteiger partial charge < -0.3 is 19.1 Å². The summed E-state index contributed by atoms with van der Waals surface area (Å²) >= 11 is 0. The second-order valence-electron chi connectivity index (χ2n) is 11.0. The van der Waals surface area contributed by atoms with E-state index in [1.54, 1.807) is 6.92 Å². The number of nitrogens with zero attached hydrogens (tertiary/aromatic N) is 1. The number of carbonyl (C=O) groups is 2. The Kier molecular flexibility index (Phi) is 6.44. The number of rotatable bonds is 6. The third kappa shape index (κ3) is 4.59. The number of esters is 1. The predicted octanol–water partition coefficient (Wildman–Crippen LogP) is 3.85. The molecule has 2 aliphatic rings. The molecule has 0 N–H and O–H groups in total. The van der Waals surface area contributed by atoms with Crippen LogP contribution in [0.1, 0.15) is 52.5 Å². The molecule has 1 aliphatic carbocycles. The molecule has 2 atom stereocenters. The Morgan fingerprint density at radius 1 is 1.16 bits per heavy atom. The summed E-state index contributed by atoms with van der Waals surface area (Å²) in [5.41, 5.74) is 0.658. The predicted molar refractivity (Wildman–Crippen MR) is 119 cm³/mol. The van der Waals surface area contributed by atoms with Gasteiger partial charge >= 0.3 is 5.97 Å². The molecule has 1 spiro atoms. The number of quaternary nitrogens is 1. The highest BCUT2D eigenvalue weighted by Gasteiger charge is 2.64. The summed E-state index contributed by atoms with van der Waals surface area (Å²) in [5, 5.41) is 12.7. The first-order valence-corrected chi connectivity index (χ1v) is 14.2. The normalized spacial score (nSPS) is 30.8. The number of amides is 1. The van der Waals surface area contributed by atoms with Crippen LogP contribution in [0.5, 0.6) is 0 Å². The zero-order chi connectivity index (χ0) is 23.1. The van der Waals surface area contributed by atoms with Gasteiger partial charge in [0.15, 0.2) is 14.4 Å². The number of ether oxygens (including phenoxy) is 1. The van der Waals surface area contributed by atoms with Gasteiger partial charge in [0.1, 0.15) is 6.54 Å². The second-order valence-corrected chi connectivity index (χ2v) is 15.7. The summed E-state index contributed by atoms with van der Waals surface area (Å²) in [4.78, 5) is 25.4. The molecule has 0 radical (unpaired) electrons. The molecular weight excluding hydrogens is 410 g/mol. The molecule has 0 bridgehead atoms. The first-order valence-electron chi connectivity index (χ1n) is 11.3. The van der Waals surface area contributed by atoms with Crippen molar-refractivity contribution in [3.63, 3.8) is 0 Å². The molecule has 3 rings (SSSR count). The lowest BCUT2D eigenvalue weighted by molar-refractivity contribution is -0.895. The molecule has 1 amide bonds. The van der Waals surface area contributed by atoms with Crippen LogP contribution < -0.4 is 5.11 Å². The van der Waals surface area contributed by atoms with E-state index in [1.807, 2.05) is 30.3 Å². The third-order valence-corrected chi connectivity index (χ3v) is 12.2. The highest BCUT2D eigenvalue weighted by atomic mass is 28.4. The Bertz CT molecular complexity index is 813. The Balaban J connectivity index is 1.84. The molecular formula is C24H37NO5Si. The fourth-order valence-electron chi connectivity index (χ4n) is 5.09. The SMILES string of the molecule is CCOC(=O)C1CC2(CC(O[Si](C)(C)C(C)(C)C)C2)C[N+]1(Cc1ccccc1)C(=O)[O-]. The van der Waals surface area contributed by atoms with Crippen molar-refractivity contribution in [3.05, 3.63) is 35.9 Å². The van der Waals surface area contributed by atoms with Crippen LogP contribution in [-0.4, -0.2) is 50.2 Å². The molecule has 31 heavy (non-hydrogen) atoms. The summed E-state index contributed by atoms with van der Waals surface area (Å²) in [7, 11) is -1.90. The topological polar surface area (TPSA) is 75.7 Å². The standard InChI is InChI=1S/C24H37NO5Si/c1-7-29-21(26)20-15-24(13-19(14-24)30-31(5,6)23(2,3)4)17-25(20,22(27)28)16-18-11-9-8-10-12-18/h8-12,19-20H,7,13-17H2,1-6H3. The van der Waals surface area contributed by atoms with Gasteiger partial charge in [0.25, 0.3) is 6.09 Å². The van der Waals surface area contributed by atoms with E-state index >= 15 is 0 Å². The van der Waals surface area contributed by atoms with E-state index in [1.165, 1.54) is 0 Å². The van der Waals surface area contributed by atoms with Gasteiger partial charge in [0, 0.05) is 23.5 Å². The molecule has 1 aliphatic heterocycles. The lowest BCUT2D eigenvalue weighted by atomic mass is 9.65. The van der Waals surface area contributed by atoms with Crippen LogP contribution in [0.4, 0.5) is 4.79 Å². The van der Waals surface area contributed by atoms with Gasteiger partial charge in [-0.2, -0.15) is 0 Å². The molecule has 0 aromatic heterocycles. The Morgan fingerprint density at radius 3 is 2.29 bits per heavy atom. The molecule has 1 aromatic rings. The van der Waals surface area contributed by atoms with Gasteiger partial charge in [-0.05, 0) is 37.9 Å². The molecule has 172 valence electrons. The number of carbonyl (C=O) groups excluding carboxylic acids is 2. The van der Waals surface area contributed by atoms with E-state index < -0.39 is 30.9 Å². The van der Waals surface area contributed by atoms with E-state index in [0.29, 0.717) is 13.0 Å². The van der Waals surface area contributed by atoms with Crippen molar-refractivity contribution in [1.82, 2.24) is 0 Å². The summed E-state index contributed by atoms with van der Waals surface area (Å²) in [6.07, 6.45) is 1.01. The van der Waals surface area contributed by atoms with Crippen molar-refractivity contribution >= 4 is 20.4 Å². The minimum absolute atomic E-state index is 0.122. The molecule has 1 aromatic carbocycles. The summed E-state index contributed by atoms with van der Waals surface area (Å²) < 4.78 is 11.5. The largest absolute Gasteiger partial charge is 0.498 e. The Morgan fingerprint density at radius 2 is 1.77 bits per heavy atom. The van der Waals surface area contributed by atoms with Crippen molar-refractivity contribution in [2.75, 3.05) is 13.2 Å². The number of benzene rings is 1. The molecule has 2 unspecified atom stereocenters. The van der Waals surface area contributed by atoms with Crippen LogP contribution in [0.25, 0.3) is 0 Å². The van der Waals surface area contributed by atoms with Crippen LogP contribution in [-0.2, 0) is 20.5 Å². The number of likely N-dealkylation sites (tertiary alicyclic amines) is 1. The average molecular weight is 448 g/mol. The van der Waals surface area contributed by atoms with E-state index in [2.05, 4.69) is 33.9 Å². The molecule has 1 saturated carbocycles. The van der Waals surface area contributed by atoms with Gasteiger partial charge in [0.2, 0.25) is 0 Å². The minimum Gasteiger partial charge on any atom is -0.498 e. The second kappa shape index (κ2) is 8.33. The van der Waals surface area contributed by atoms with Gasteiger partial charge in [-0.15, -0.1) is 0 Å². The lowest BCUT2D eigenvalue weighted by Crippen LogP contribution is -2.64. The fourth-order valence-corrected chi connectivity index (χ4v) is 6.45. The maximum Gasteiger partial charge on any atom is 0.365 e. The quantitative estimate of drug-likeness (QED) is 0.376. The highest BCUT2D eigenvalue weighted by Crippen LogP contribution is 2.56. The van der Waals surface area contributed by atoms with Crippen molar-refractivity contribution in [2.45, 2.75) is 83.8 Å². The number of carboxylic acid groups (broad SMARTS) is 1. The van der Waals surface area contributed by atoms with E-state index in [9.17, 15) is 14.7 Å². The number of hydrogen-bond donors (Lipinski definition) is 0. The van der Waals surface area contributed by atoms with E-state index in [0.717, 1.165) is 18.4 Å². The van der Waals surface area contributed by atoms with Crippen molar-refractivity contribution in [1.29, 1.82) is 0 Å². The molecule has 6 nitrogen and oxygen atoms in total. The lowest BCUT2D eigenvalue weighted by Gasteiger charge is -2.49. The van der Waals surface area contributed by atoms with Crippen molar-refractivity contribution in [3.8, 4) is 0 Å². The minimum atomic E-state index is -1.90. The van der Waals surface area contributed by atoms with E-state index in [-0.39, 0.29) is 29.7 Å². The average Bonchev–Trinajstić information content (AvgIpc) is 2.98. The highest BCUT2D eigenvalue weighted by molar-refractivity contribution is 6.74. The van der Waals surface area contributed by atoms with Gasteiger partial charge in [-0.3, -0.25) is 4.48 Å². The van der Waals surface area contributed by atoms with E-state index in [4.69, 9.17) is 9.16 Å². The van der Waals surface area contributed by atoms with Gasteiger partial charge in [-0.25, -0.2) is 4.79 Å². The smallest absolute Gasteiger partial charge is 0.365 e. The van der Waals surface area contributed by atoms with Gasteiger partial charge in [0.05, 0.1) is 13.2 Å². The molecule has 2 fully saturated rings. The van der Waals surface area contributed by atoms with Crippen LogP contribution in [0.15, 0.2) is 30.3 Å². The van der Waals surface area contributed by atoms with Crippen LogP contribution in [0.2, 0.25) is 18.1 Å². The van der Waals surface area contributed by atoms with Crippen LogP contribution >= 0.6 is 0 Å². The van der Waals surface area contributed by atoms with Crippen molar-refractivity contribution < 1.29 is 28.3 Å². The first-order chi connectivity index (χ1) is 14.3. The maximum absolute atomic E-state index is 12.9. The Hall–Kier alpha value is -1.70. The van der Waals surface area contributed by atoms with Gasteiger partial charge in [-0.1, -0.05) is 51.1 Å². The summed E-state index contributed by atoms with van der Waals surface area (Å²) in [5.74, 6) is -0.437. The zero-order valence-electron chi connectivity index (χ0n) is 19.8. The maximum atomic E-state index is 12.9. The zero-order valence-corrected chi connectivity index (χ0v) is 20.8. The van der Waals surface area contributed by atoms with Crippen molar-refractivity contribution in [2.24, 2.45) is 5.41 Å². The molecule has 1 saturated heterocycles. The monoisotopic (exact) mass is 447 g/mol. The summed E-state index contributed by atoms with van der Waals surface area (Å²) in [6.45, 7) is 13.7. The third-order valence-electron chi connectivity index (χ3n) is 7.66. The first kappa shape index (κ1) is 23.9. The Labute approximate surface area is 187 Å².